The number of pyridine rings is 2. The Morgan fingerprint density at radius 2 is 1.89 bits per heavy atom. The van der Waals surface area contributed by atoms with Crippen LogP contribution in [-0.2, 0) is 20.6 Å². The molecule has 2 aromatic carbocycles. The third-order valence-corrected chi connectivity index (χ3v) is 7.97. The summed E-state index contributed by atoms with van der Waals surface area (Å²) in [5, 5.41) is 12.3. The molecule has 0 fully saturated rings. The number of benzene rings is 2. The first kappa shape index (κ1) is 30.6. The number of ether oxygens (including phenoxy) is 2. The van der Waals surface area contributed by atoms with Crippen molar-refractivity contribution >= 4 is 28.5 Å². The van der Waals surface area contributed by atoms with Crippen molar-refractivity contribution < 1.29 is 33.4 Å². The van der Waals surface area contributed by atoms with Crippen LogP contribution in [0.2, 0.25) is 0 Å². The number of likely N-dealkylation sites (N-methyl/N-ethyl adjacent to an activating group) is 1. The Morgan fingerprint density at radius 1 is 1.16 bits per heavy atom. The Kier molecular flexibility index (Phi) is 8.09. The van der Waals surface area contributed by atoms with E-state index in [1.165, 1.54) is 36.1 Å². The smallest absolute Gasteiger partial charge is 0.259 e. The van der Waals surface area contributed by atoms with E-state index in [1.807, 2.05) is 0 Å². The number of primary amides is 1. The molecule has 2 atom stereocenters. The highest BCUT2D eigenvalue weighted by atomic mass is 19.1. The van der Waals surface area contributed by atoms with Crippen molar-refractivity contribution in [2.45, 2.75) is 37.7 Å². The fourth-order valence-corrected chi connectivity index (χ4v) is 4.99. The Morgan fingerprint density at radius 3 is 2.57 bits per heavy atom. The third-order valence-electron chi connectivity index (χ3n) is 7.97. The van der Waals surface area contributed by atoms with Crippen molar-refractivity contribution in [2.75, 3.05) is 27.3 Å². The Labute approximate surface area is 253 Å². The molecule has 0 saturated carbocycles. The van der Waals surface area contributed by atoms with Crippen LogP contribution in [0.25, 0.3) is 22.2 Å². The number of nitrogens with two attached hydrogens (primary N) is 1. The Bertz CT molecular complexity index is 1770. The number of ketones is 1. The molecule has 4 aromatic rings. The van der Waals surface area contributed by atoms with Crippen molar-refractivity contribution in [3.63, 3.8) is 0 Å². The summed E-state index contributed by atoms with van der Waals surface area (Å²) in [6, 6.07) is 14.0. The topological polar surface area (TPSA) is 145 Å². The van der Waals surface area contributed by atoms with Gasteiger partial charge in [-0.2, -0.15) is 0 Å². The van der Waals surface area contributed by atoms with Gasteiger partial charge in [0.15, 0.2) is 12.4 Å². The SMILES string of the molecule is CN(C)C(=O)COc1cc(C(=O)CC[C@](C)(O)c2cc3c(c(-c4ccc(F)cc4)n2)OC[C@]3(C)C(N)=O)cc2cccnc12. The number of aliphatic hydroxyl groups is 1. The second-order valence-corrected chi connectivity index (χ2v) is 11.5. The van der Waals surface area contributed by atoms with Crippen molar-refractivity contribution in [1.29, 1.82) is 0 Å². The quantitative estimate of drug-likeness (QED) is 0.261. The van der Waals surface area contributed by atoms with Gasteiger partial charge in [-0.05, 0) is 68.8 Å². The average molecular weight is 601 g/mol. The maximum atomic E-state index is 13.7. The number of rotatable bonds is 10. The minimum atomic E-state index is -1.61. The number of nitrogens with zero attached hydrogens (tertiary/aromatic N) is 3. The number of halogens is 1. The minimum Gasteiger partial charge on any atom is -0.489 e. The summed E-state index contributed by atoms with van der Waals surface area (Å²) in [7, 11) is 3.24. The fourth-order valence-electron chi connectivity index (χ4n) is 4.99. The van der Waals surface area contributed by atoms with Crippen molar-refractivity contribution in [3.05, 3.63) is 83.4 Å². The zero-order chi connectivity index (χ0) is 31.8. The van der Waals surface area contributed by atoms with Crippen LogP contribution in [0.1, 0.15) is 48.3 Å². The van der Waals surface area contributed by atoms with E-state index in [0.717, 1.165) is 0 Å². The number of carbonyl (C=O) groups excluding carboxylic acids is 3. The molecule has 0 spiro atoms. The molecule has 11 heteroatoms. The number of fused-ring (bicyclic) bond motifs is 2. The van der Waals surface area contributed by atoms with E-state index in [2.05, 4.69) is 9.97 Å². The van der Waals surface area contributed by atoms with E-state index in [0.29, 0.717) is 44.8 Å². The number of amides is 2. The number of carbonyl (C=O) groups is 3. The lowest BCUT2D eigenvalue weighted by molar-refractivity contribution is -0.130. The molecule has 0 aliphatic carbocycles. The largest absolute Gasteiger partial charge is 0.489 e. The number of hydrogen-bond acceptors (Lipinski definition) is 8. The molecule has 44 heavy (non-hydrogen) atoms. The van der Waals surface area contributed by atoms with Gasteiger partial charge < -0.3 is 25.2 Å². The zero-order valence-corrected chi connectivity index (χ0v) is 24.9. The number of aromatic nitrogens is 2. The predicted molar refractivity (Wildman–Crippen MR) is 161 cm³/mol. The molecule has 1 aliphatic rings. The van der Waals surface area contributed by atoms with Crippen molar-refractivity contribution in [1.82, 2.24) is 14.9 Å². The Balaban J connectivity index is 1.45. The van der Waals surface area contributed by atoms with E-state index in [-0.39, 0.29) is 43.4 Å². The first-order valence-electron chi connectivity index (χ1n) is 14.0. The van der Waals surface area contributed by atoms with Crippen molar-refractivity contribution in [3.8, 4) is 22.8 Å². The Hall–Kier alpha value is -4.90. The summed E-state index contributed by atoms with van der Waals surface area (Å²) in [6.07, 6.45) is 1.51. The lowest BCUT2D eigenvalue weighted by Gasteiger charge is -2.26. The predicted octanol–water partition coefficient (Wildman–Crippen LogP) is 3.91. The lowest BCUT2D eigenvalue weighted by Crippen LogP contribution is -2.40. The monoisotopic (exact) mass is 600 g/mol. The van der Waals surface area contributed by atoms with Gasteiger partial charge in [-0.25, -0.2) is 9.37 Å². The molecule has 1 aliphatic heterocycles. The van der Waals surface area contributed by atoms with Crippen LogP contribution in [0.4, 0.5) is 4.39 Å². The van der Waals surface area contributed by atoms with Crippen LogP contribution in [0.15, 0.2) is 60.8 Å². The summed E-state index contributed by atoms with van der Waals surface area (Å²) in [5.41, 5.74) is 5.30. The van der Waals surface area contributed by atoms with E-state index in [1.54, 1.807) is 57.5 Å². The van der Waals surface area contributed by atoms with Crippen LogP contribution < -0.4 is 15.2 Å². The summed E-state index contributed by atoms with van der Waals surface area (Å²) in [4.78, 5) is 48.5. The van der Waals surface area contributed by atoms with Crippen LogP contribution in [0.3, 0.4) is 0 Å². The van der Waals surface area contributed by atoms with Crippen LogP contribution in [0.5, 0.6) is 11.5 Å². The van der Waals surface area contributed by atoms with Gasteiger partial charge in [-0.15, -0.1) is 0 Å². The van der Waals surface area contributed by atoms with E-state index in [9.17, 15) is 23.9 Å². The maximum Gasteiger partial charge on any atom is 0.259 e. The van der Waals surface area contributed by atoms with Gasteiger partial charge in [0.05, 0.1) is 5.69 Å². The molecule has 5 rings (SSSR count). The normalized spacial score (nSPS) is 17.0. The molecule has 3 N–H and O–H groups in total. The molecule has 0 saturated heterocycles. The molecule has 228 valence electrons. The molecule has 0 radical (unpaired) electrons. The van der Waals surface area contributed by atoms with Crippen LogP contribution >= 0.6 is 0 Å². The van der Waals surface area contributed by atoms with Crippen LogP contribution in [-0.4, -0.2) is 64.9 Å². The summed E-state index contributed by atoms with van der Waals surface area (Å²) >= 11 is 0. The summed E-state index contributed by atoms with van der Waals surface area (Å²) < 4.78 is 25.3. The highest BCUT2D eigenvalue weighted by Crippen LogP contribution is 2.46. The minimum absolute atomic E-state index is 0.0149. The first-order chi connectivity index (χ1) is 20.8. The zero-order valence-electron chi connectivity index (χ0n) is 24.9. The van der Waals surface area contributed by atoms with Gasteiger partial charge in [-0.1, -0.05) is 6.07 Å². The molecule has 3 heterocycles. The van der Waals surface area contributed by atoms with Crippen molar-refractivity contribution in [2.24, 2.45) is 5.73 Å². The molecular weight excluding hydrogens is 567 g/mol. The molecule has 2 amide bonds. The lowest BCUT2D eigenvalue weighted by atomic mass is 9.81. The van der Waals surface area contributed by atoms with Gasteiger partial charge in [0.2, 0.25) is 5.91 Å². The highest BCUT2D eigenvalue weighted by molar-refractivity contribution is 6.01. The highest BCUT2D eigenvalue weighted by Gasteiger charge is 2.45. The molecule has 10 nitrogen and oxygen atoms in total. The van der Waals surface area contributed by atoms with Gasteiger partial charge in [0.1, 0.15) is 46.1 Å². The van der Waals surface area contributed by atoms with Gasteiger partial charge >= 0.3 is 0 Å². The molecular formula is C33H33FN4O6. The molecule has 2 aromatic heterocycles. The number of hydrogen-bond donors (Lipinski definition) is 2. The maximum absolute atomic E-state index is 13.7. The molecule has 0 unspecified atom stereocenters. The molecule has 0 bridgehead atoms. The second-order valence-electron chi connectivity index (χ2n) is 11.5. The number of Topliss-reactive ketones (excluding diaryl/α,β-unsaturated/α-hetero) is 1. The van der Waals surface area contributed by atoms with Crippen LogP contribution in [0, 0.1) is 5.82 Å². The van der Waals surface area contributed by atoms with E-state index in [4.69, 9.17) is 15.2 Å². The van der Waals surface area contributed by atoms with Gasteiger partial charge in [0, 0.05) is 48.8 Å². The second kappa shape index (κ2) is 11.6. The standard InChI is InChI=1S/C33H33FN4O6/c1-32(31(35)41)18-44-30-23(32)16-26(37-29(30)19-7-9-22(34)10-8-19)33(2,42)12-11-24(39)21-14-20-6-5-13-36-28(20)25(15-21)43-17-27(40)38(3)4/h5-10,13-16,42H,11-12,17-18H2,1-4H3,(H2,35,41)/t32-,33-/m0/s1. The van der Waals surface area contributed by atoms with E-state index < -0.39 is 22.7 Å². The van der Waals surface area contributed by atoms with E-state index >= 15 is 0 Å². The fraction of sp³-hybridized carbons (Fsp3) is 0.303. The average Bonchev–Trinajstić information content (AvgIpc) is 3.36. The van der Waals surface area contributed by atoms with Gasteiger partial charge in [0.25, 0.3) is 5.91 Å². The van der Waals surface area contributed by atoms with Gasteiger partial charge in [-0.3, -0.25) is 19.4 Å². The summed E-state index contributed by atoms with van der Waals surface area (Å²) in [5.74, 6) is -0.935. The third kappa shape index (κ3) is 5.83. The summed E-state index contributed by atoms with van der Waals surface area (Å²) in [6.45, 7) is 2.95. The first-order valence-corrected chi connectivity index (χ1v) is 14.0.